The first kappa shape index (κ1) is 20.9. The summed E-state index contributed by atoms with van der Waals surface area (Å²) in [7, 11) is 0. The molecular formula is C23H31N4O2S+. The number of thiophene rings is 1. The minimum atomic E-state index is 0.0137. The van der Waals surface area contributed by atoms with Gasteiger partial charge in [-0.05, 0) is 49.1 Å². The van der Waals surface area contributed by atoms with Crippen LogP contribution in [0.1, 0.15) is 36.5 Å². The number of H-pyrrole nitrogens is 1. The minimum absolute atomic E-state index is 0.0137. The maximum absolute atomic E-state index is 12.9. The molecule has 0 radical (unpaired) electrons. The van der Waals surface area contributed by atoms with Gasteiger partial charge in [-0.1, -0.05) is 20.3 Å². The fourth-order valence-corrected chi connectivity index (χ4v) is 5.27. The van der Waals surface area contributed by atoms with Crippen molar-refractivity contribution < 1.29 is 10.0 Å². The first-order chi connectivity index (χ1) is 14.4. The Hall–Kier alpha value is -2.38. The topological polar surface area (TPSA) is 73.7 Å². The third-order valence-corrected chi connectivity index (χ3v) is 7.31. The fourth-order valence-electron chi connectivity index (χ4n) is 4.20. The largest absolute Gasteiger partial charge is 0.508 e. The molecule has 6 nitrogen and oxygen atoms in total. The first-order valence-corrected chi connectivity index (χ1v) is 11.6. The van der Waals surface area contributed by atoms with Crippen molar-refractivity contribution in [1.82, 2.24) is 9.97 Å². The highest BCUT2D eigenvalue weighted by atomic mass is 32.1. The number of hydrogen-bond donors (Lipinski definition) is 3. The highest BCUT2D eigenvalue weighted by molar-refractivity contribution is 7.18. The van der Waals surface area contributed by atoms with Gasteiger partial charge in [-0.15, -0.1) is 11.3 Å². The Kier molecular flexibility index (Phi) is 6.11. The normalized spacial score (nSPS) is 16.3. The average molecular weight is 428 g/mol. The summed E-state index contributed by atoms with van der Waals surface area (Å²) in [6, 6.07) is 7.39. The number of aromatic nitrogens is 2. The number of fused-ring (bicyclic) bond motifs is 1. The number of anilines is 1. The summed E-state index contributed by atoms with van der Waals surface area (Å²) in [5.74, 6) is 1.65. The van der Waals surface area contributed by atoms with E-state index in [1.54, 1.807) is 23.5 Å². The van der Waals surface area contributed by atoms with Crippen LogP contribution in [0.4, 0.5) is 5.69 Å². The van der Waals surface area contributed by atoms with Crippen LogP contribution < -0.4 is 15.4 Å². The van der Waals surface area contributed by atoms with Gasteiger partial charge in [0.2, 0.25) is 0 Å². The number of phenolic OH excluding ortho intramolecular Hbond substituents is 1. The molecular weight excluding hydrogens is 396 g/mol. The van der Waals surface area contributed by atoms with E-state index in [9.17, 15) is 9.90 Å². The average Bonchev–Trinajstić information content (AvgIpc) is 3.04. The number of nitrogens with one attached hydrogen (secondary N) is 2. The van der Waals surface area contributed by atoms with Crippen molar-refractivity contribution in [2.75, 3.05) is 31.1 Å². The highest BCUT2D eigenvalue weighted by Gasteiger charge is 2.22. The van der Waals surface area contributed by atoms with Crippen molar-refractivity contribution in [2.45, 2.75) is 40.2 Å². The number of quaternary nitrogens is 1. The lowest BCUT2D eigenvalue weighted by Crippen LogP contribution is -3.13. The standard InChI is InChI=1S/C23H30N4O2S/c1-4-15(2)13-19-16(3)30-23-21(19)22(29)24-20(25-23)14-26-9-11-27(12-10-26)17-5-7-18(28)8-6-17/h5-8,15,28H,4,9-14H2,1-3H3,(H,24,25,29)/p+1/t15-/m0/s1. The lowest BCUT2D eigenvalue weighted by Gasteiger charge is -2.33. The summed E-state index contributed by atoms with van der Waals surface area (Å²) < 4.78 is 0. The summed E-state index contributed by atoms with van der Waals surface area (Å²) in [5, 5.41) is 10.3. The van der Waals surface area contributed by atoms with Crippen molar-refractivity contribution >= 4 is 27.2 Å². The zero-order valence-corrected chi connectivity index (χ0v) is 18.8. The third kappa shape index (κ3) is 4.37. The molecule has 1 aliphatic heterocycles. The molecule has 1 fully saturated rings. The van der Waals surface area contributed by atoms with Crippen LogP contribution in [-0.2, 0) is 13.0 Å². The lowest BCUT2D eigenvalue weighted by atomic mass is 9.98. The first-order valence-electron chi connectivity index (χ1n) is 10.8. The Labute approximate surface area is 181 Å². The van der Waals surface area contributed by atoms with Crippen LogP contribution in [-0.4, -0.2) is 41.3 Å². The van der Waals surface area contributed by atoms with Gasteiger partial charge < -0.3 is 19.9 Å². The number of piperazine rings is 1. The van der Waals surface area contributed by atoms with Crippen LogP contribution in [0, 0.1) is 12.8 Å². The SMILES string of the molecule is CC[C@H](C)Cc1c(C)sc2nc(C[NH+]3CCN(c4ccc(O)cc4)CC3)[nH]c(=O)c12. The van der Waals surface area contributed by atoms with E-state index >= 15 is 0 Å². The van der Waals surface area contributed by atoms with Crippen LogP contribution in [0.25, 0.3) is 10.2 Å². The predicted octanol–water partition coefficient (Wildman–Crippen LogP) is 2.49. The van der Waals surface area contributed by atoms with Gasteiger partial charge in [0.15, 0.2) is 5.82 Å². The van der Waals surface area contributed by atoms with E-state index in [2.05, 4.69) is 30.7 Å². The summed E-state index contributed by atoms with van der Waals surface area (Å²) in [6.07, 6.45) is 2.05. The molecule has 0 amide bonds. The molecule has 2 aromatic heterocycles. The summed E-state index contributed by atoms with van der Waals surface area (Å²) in [5.41, 5.74) is 2.34. The van der Waals surface area contributed by atoms with Crippen LogP contribution in [0.2, 0.25) is 0 Å². The Morgan fingerprint density at radius 3 is 2.63 bits per heavy atom. The number of aromatic amines is 1. The molecule has 0 aliphatic carbocycles. The number of aryl methyl sites for hydroxylation is 1. The molecule has 4 rings (SSSR count). The van der Waals surface area contributed by atoms with Gasteiger partial charge in [0.25, 0.3) is 5.56 Å². The summed E-state index contributed by atoms with van der Waals surface area (Å²) in [6.45, 7) is 11.2. The van der Waals surface area contributed by atoms with E-state index in [-0.39, 0.29) is 5.56 Å². The number of rotatable bonds is 6. The molecule has 160 valence electrons. The summed E-state index contributed by atoms with van der Waals surface area (Å²) >= 11 is 1.65. The van der Waals surface area contributed by atoms with Gasteiger partial charge in [-0.25, -0.2) is 4.98 Å². The van der Waals surface area contributed by atoms with Gasteiger partial charge in [-0.3, -0.25) is 4.79 Å². The third-order valence-electron chi connectivity index (χ3n) is 6.26. The van der Waals surface area contributed by atoms with Crippen molar-refractivity contribution in [3.63, 3.8) is 0 Å². The number of hydrogen-bond acceptors (Lipinski definition) is 5. The number of nitrogens with zero attached hydrogens (tertiary/aromatic N) is 2. The molecule has 1 atom stereocenters. The van der Waals surface area contributed by atoms with E-state index in [1.165, 1.54) is 15.3 Å². The van der Waals surface area contributed by atoms with Crippen molar-refractivity contribution in [3.8, 4) is 5.75 Å². The molecule has 1 saturated heterocycles. The molecule has 3 heterocycles. The molecule has 7 heteroatoms. The van der Waals surface area contributed by atoms with Crippen molar-refractivity contribution in [2.24, 2.45) is 5.92 Å². The molecule has 0 bridgehead atoms. The van der Waals surface area contributed by atoms with Crippen molar-refractivity contribution in [3.05, 3.63) is 50.9 Å². The highest BCUT2D eigenvalue weighted by Crippen LogP contribution is 2.29. The van der Waals surface area contributed by atoms with Gasteiger partial charge in [0.1, 0.15) is 17.1 Å². The predicted molar refractivity (Wildman–Crippen MR) is 123 cm³/mol. The summed E-state index contributed by atoms with van der Waals surface area (Å²) in [4.78, 5) is 26.7. The number of benzene rings is 1. The van der Waals surface area contributed by atoms with E-state index in [0.717, 1.165) is 67.3 Å². The van der Waals surface area contributed by atoms with E-state index < -0.39 is 0 Å². The molecule has 0 saturated carbocycles. The molecule has 0 spiro atoms. The van der Waals surface area contributed by atoms with E-state index in [1.807, 2.05) is 12.1 Å². The van der Waals surface area contributed by atoms with Crippen LogP contribution in [0.15, 0.2) is 29.1 Å². The Balaban J connectivity index is 1.46. The Morgan fingerprint density at radius 1 is 1.27 bits per heavy atom. The molecule has 1 aliphatic rings. The lowest BCUT2D eigenvalue weighted by molar-refractivity contribution is -0.915. The van der Waals surface area contributed by atoms with Gasteiger partial charge >= 0.3 is 0 Å². The van der Waals surface area contributed by atoms with Crippen LogP contribution in [0.3, 0.4) is 0 Å². The second kappa shape index (κ2) is 8.78. The zero-order chi connectivity index (χ0) is 21.3. The molecule has 0 unspecified atom stereocenters. The maximum Gasteiger partial charge on any atom is 0.260 e. The molecule has 3 N–H and O–H groups in total. The van der Waals surface area contributed by atoms with E-state index in [4.69, 9.17) is 4.98 Å². The smallest absolute Gasteiger partial charge is 0.260 e. The van der Waals surface area contributed by atoms with E-state index in [0.29, 0.717) is 11.7 Å². The van der Waals surface area contributed by atoms with Gasteiger partial charge in [0, 0.05) is 10.6 Å². The quantitative estimate of drug-likeness (QED) is 0.565. The fraction of sp³-hybridized carbons (Fsp3) is 0.478. The number of aromatic hydroxyl groups is 1. The monoisotopic (exact) mass is 427 g/mol. The van der Waals surface area contributed by atoms with Crippen molar-refractivity contribution in [1.29, 1.82) is 0 Å². The molecule has 30 heavy (non-hydrogen) atoms. The second-order valence-corrected chi connectivity index (χ2v) is 9.68. The van der Waals surface area contributed by atoms with Gasteiger partial charge in [-0.2, -0.15) is 0 Å². The van der Waals surface area contributed by atoms with Gasteiger partial charge in [0.05, 0.1) is 31.6 Å². The van der Waals surface area contributed by atoms with Crippen LogP contribution >= 0.6 is 11.3 Å². The van der Waals surface area contributed by atoms with Crippen LogP contribution in [0.5, 0.6) is 5.75 Å². The number of phenols is 1. The molecule has 3 aromatic rings. The maximum atomic E-state index is 12.9. The zero-order valence-electron chi connectivity index (χ0n) is 18.0. The Bertz CT molecular complexity index is 1070. The minimum Gasteiger partial charge on any atom is -0.508 e. The second-order valence-electron chi connectivity index (χ2n) is 8.48. The Morgan fingerprint density at radius 2 is 1.97 bits per heavy atom. The molecule has 1 aromatic carbocycles.